The van der Waals surface area contributed by atoms with Crippen LogP contribution in [0.3, 0.4) is 0 Å². The first-order valence-electron chi connectivity index (χ1n) is 7.19. The summed E-state index contributed by atoms with van der Waals surface area (Å²) in [5.41, 5.74) is 0.563. The number of hydrogen-bond donors (Lipinski definition) is 2. The number of nitrogens with zero attached hydrogens (tertiary/aromatic N) is 4. The predicted octanol–water partition coefficient (Wildman–Crippen LogP) is 2.26. The molecule has 25 heavy (non-hydrogen) atoms. The van der Waals surface area contributed by atoms with Crippen LogP contribution >= 0.6 is 0 Å². The van der Waals surface area contributed by atoms with Gasteiger partial charge < -0.3 is 15.1 Å². The fourth-order valence-corrected chi connectivity index (χ4v) is 2.65. The quantitative estimate of drug-likeness (QED) is 0.738. The minimum absolute atomic E-state index is 0.0306. The Morgan fingerprint density at radius 3 is 2.40 bits per heavy atom. The molecule has 0 spiro atoms. The summed E-state index contributed by atoms with van der Waals surface area (Å²) in [5.74, 6) is -2.27. The van der Waals surface area contributed by atoms with Gasteiger partial charge in [0.25, 0.3) is 5.91 Å². The van der Waals surface area contributed by atoms with Gasteiger partial charge in [-0.05, 0) is 30.7 Å². The van der Waals surface area contributed by atoms with E-state index in [0.717, 1.165) is 0 Å². The highest BCUT2D eigenvalue weighted by Crippen LogP contribution is 2.35. The van der Waals surface area contributed by atoms with Crippen molar-refractivity contribution in [2.24, 2.45) is 10.2 Å². The number of aryl methyl sites for hydroxylation is 1. The van der Waals surface area contributed by atoms with Gasteiger partial charge in [-0.25, -0.2) is 9.78 Å². The average Bonchev–Trinajstić information content (AvgIpc) is 3.09. The number of hydrogen-bond acceptors (Lipinski definition) is 7. The molecule has 124 valence electrons. The summed E-state index contributed by atoms with van der Waals surface area (Å²) in [6.07, 6.45) is 0. The number of rotatable bonds is 2. The van der Waals surface area contributed by atoms with E-state index in [1.807, 2.05) is 0 Å². The molecular weight excluding hydrogens is 328 g/mol. The summed E-state index contributed by atoms with van der Waals surface area (Å²) in [6.45, 7) is 1.62. The highest BCUT2D eigenvalue weighted by Gasteiger charge is 2.26. The molecule has 1 aromatic carbocycles. The second kappa shape index (κ2) is 5.13. The minimum Gasteiger partial charge on any atom is -0.492 e. The zero-order valence-electron chi connectivity index (χ0n) is 12.8. The van der Waals surface area contributed by atoms with Crippen molar-refractivity contribution in [1.29, 1.82) is 0 Å². The van der Waals surface area contributed by atoms with Crippen molar-refractivity contribution in [3.8, 4) is 11.8 Å². The summed E-state index contributed by atoms with van der Waals surface area (Å²) >= 11 is 0. The van der Waals surface area contributed by atoms with Crippen molar-refractivity contribution >= 4 is 28.5 Å². The zero-order chi connectivity index (χ0) is 17.7. The summed E-state index contributed by atoms with van der Waals surface area (Å²) in [4.78, 5) is 32.9. The molecule has 4 rings (SSSR count). The summed E-state index contributed by atoms with van der Waals surface area (Å²) < 4.78 is 0.615. The second-order valence-corrected chi connectivity index (χ2v) is 5.39. The number of carbonyl (C=O) groups is 2. The molecule has 9 nitrogen and oxygen atoms in total. The van der Waals surface area contributed by atoms with Gasteiger partial charge in [0.05, 0.1) is 16.3 Å². The lowest BCUT2D eigenvalue weighted by atomic mass is 10.1. The van der Waals surface area contributed by atoms with Crippen LogP contribution in [0, 0.1) is 6.92 Å². The number of benzene rings is 1. The lowest BCUT2D eigenvalue weighted by Gasteiger charge is -2.07. The minimum atomic E-state index is -0.939. The maximum atomic E-state index is 12.3. The normalized spacial score (nSPS) is 12.6. The number of azo groups is 1. The maximum absolute atomic E-state index is 12.3. The molecule has 1 amide bonds. The highest BCUT2D eigenvalue weighted by atomic mass is 16.7. The third kappa shape index (κ3) is 2.13. The molecule has 2 aromatic heterocycles. The topological polar surface area (TPSA) is 126 Å². The lowest BCUT2D eigenvalue weighted by molar-refractivity contribution is 0.0379. The Balaban J connectivity index is 1.73. The van der Waals surface area contributed by atoms with Gasteiger partial charge in [0.1, 0.15) is 0 Å². The molecule has 3 aromatic rings. The highest BCUT2D eigenvalue weighted by molar-refractivity contribution is 6.03. The SMILES string of the molecule is Cc1cc(C(=O)On2c(O)c3ccccc3c2O)nc2c1C(=O)N=N2. The van der Waals surface area contributed by atoms with Crippen LogP contribution in [0.2, 0.25) is 0 Å². The molecule has 0 fully saturated rings. The van der Waals surface area contributed by atoms with E-state index in [1.165, 1.54) is 6.07 Å². The predicted molar refractivity (Wildman–Crippen MR) is 84.0 cm³/mol. The monoisotopic (exact) mass is 338 g/mol. The molecule has 1 aliphatic heterocycles. The van der Waals surface area contributed by atoms with Crippen LogP contribution < -0.4 is 4.84 Å². The van der Waals surface area contributed by atoms with E-state index in [1.54, 1.807) is 31.2 Å². The molecule has 0 aliphatic carbocycles. The Hall–Kier alpha value is -3.75. The molecule has 0 saturated heterocycles. The molecular formula is C16H10N4O5. The van der Waals surface area contributed by atoms with Gasteiger partial charge in [-0.2, -0.15) is 0 Å². The van der Waals surface area contributed by atoms with Gasteiger partial charge in [-0.1, -0.05) is 12.1 Å². The summed E-state index contributed by atoms with van der Waals surface area (Å²) in [5, 5.41) is 27.9. The van der Waals surface area contributed by atoms with E-state index in [9.17, 15) is 19.8 Å². The first kappa shape index (κ1) is 14.8. The molecule has 9 heteroatoms. The molecule has 3 heterocycles. The molecule has 1 aliphatic rings. The maximum Gasteiger partial charge on any atom is 0.382 e. The van der Waals surface area contributed by atoms with Crippen molar-refractivity contribution in [1.82, 2.24) is 9.71 Å². The van der Waals surface area contributed by atoms with E-state index in [0.29, 0.717) is 21.1 Å². The van der Waals surface area contributed by atoms with Gasteiger partial charge in [-0.3, -0.25) is 4.79 Å². The van der Waals surface area contributed by atoms with E-state index in [2.05, 4.69) is 15.2 Å². The van der Waals surface area contributed by atoms with E-state index < -0.39 is 23.6 Å². The number of fused-ring (bicyclic) bond motifs is 2. The largest absolute Gasteiger partial charge is 0.492 e. The molecule has 0 radical (unpaired) electrons. The first-order valence-corrected chi connectivity index (χ1v) is 7.19. The van der Waals surface area contributed by atoms with Crippen molar-refractivity contribution in [2.45, 2.75) is 6.92 Å². The van der Waals surface area contributed by atoms with Gasteiger partial charge in [0, 0.05) is 0 Å². The number of amides is 1. The smallest absolute Gasteiger partial charge is 0.382 e. The van der Waals surface area contributed by atoms with E-state index in [4.69, 9.17) is 4.84 Å². The number of carbonyl (C=O) groups excluding carboxylic acids is 2. The third-order valence-electron chi connectivity index (χ3n) is 3.82. The van der Waals surface area contributed by atoms with Crippen molar-refractivity contribution < 1.29 is 24.6 Å². The third-order valence-corrected chi connectivity index (χ3v) is 3.82. The van der Waals surface area contributed by atoms with Gasteiger partial charge >= 0.3 is 5.97 Å². The Labute approximate surface area is 139 Å². The van der Waals surface area contributed by atoms with Crippen molar-refractivity contribution in [3.63, 3.8) is 0 Å². The van der Waals surface area contributed by atoms with Crippen LogP contribution in [0.25, 0.3) is 10.8 Å². The van der Waals surface area contributed by atoms with E-state index >= 15 is 0 Å². The van der Waals surface area contributed by atoms with Crippen LogP contribution in [0.1, 0.15) is 26.4 Å². The fraction of sp³-hybridized carbons (Fsp3) is 0.0625. The number of aromatic nitrogens is 2. The van der Waals surface area contributed by atoms with Crippen molar-refractivity contribution in [3.05, 3.63) is 47.2 Å². The fourth-order valence-electron chi connectivity index (χ4n) is 2.65. The molecule has 2 N–H and O–H groups in total. The zero-order valence-corrected chi connectivity index (χ0v) is 12.8. The number of aromatic hydroxyl groups is 2. The van der Waals surface area contributed by atoms with Crippen molar-refractivity contribution in [2.75, 3.05) is 0 Å². The Bertz CT molecular complexity index is 1060. The van der Waals surface area contributed by atoms with Gasteiger partial charge in [0.2, 0.25) is 11.8 Å². The Morgan fingerprint density at radius 1 is 1.12 bits per heavy atom. The van der Waals surface area contributed by atoms with Crippen LogP contribution in [-0.2, 0) is 0 Å². The van der Waals surface area contributed by atoms with Gasteiger partial charge in [-0.15, -0.1) is 15.0 Å². The lowest BCUT2D eigenvalue weighted by Crippen LogP contribution is -2.20. The molecule has 0 unspecified atom stereocenters. The van der Waals surface area contributed by atoms with Crippen LogP contribution in [-0.4, -0.2) is 31.8 Å². The Kier molecular flexibility index (Phi) is 3.04. The summed E-state index contributed by atoms with van der Waals surface area (Å²) in [7, 11) is 0. The van der Waals surface area contributed by atoms with E-state index in [-0.39, 0.29) is 17.1 Å². The Morgan fingerprint density at radius 2 is 1.76 bits per heavy atom. The van der Waals surface area contributed by atoms with Crippen LogP contribution in [0.4, 0.5) is 5.82 Å². The molecule has 0 bridgehead atoms. The average molecular weight is 338 g/mol. The van der Waals surface area contributed by atoms with Crippen LogP contribution in [0.15, 0.2) is 40.6 Å². The molecule has 0 saturated carbocycles. The number of pyridine rings is 1. The molecule has 0 atom stereocenters. The first-order chi connectivity index (χ1) is 12.0. The van der Waals surface area contributed by atoms with Gasteiger partial charge in [0.15, 0.2) is 11.5 Å². The second-order valence-electron chi connectivity index (χ2n) is 5.39. The van der Waals surface area contributed by atoms with Crippen LogP contribution in [0.5, 0.6) is 11.8 Å². The summed E-state index contributed by atoms with van der Waals surface area (Å²) in [6, 6.07) is 7.83. The standard InChI is InChI=1S/C16H10N4O5/c1-7-6-10(17-12-11(7)13(21)19-18-12)16(24)25-20-14(22)8-4-2-3-5-9(8)15(20)23/h2-6,22-23H,1H3.